The fourth-order valence-electron chi connectivity index (χ4n) is 3.78. The first-order valence-electron chi connectivity index (χ1n) is 10.9. The molecule has 7 nitrogen and oxygen atoms in total. The number of nitrogens with one attached hydrogen (secondary N) is 1. The lowest BCUT2D eigenvalue weighted by atomic mass is 9.87. The molecule has 28 heavy (non-hydrogen) atoms. The zero-order chi connectivity index (χ0) is 20.9. The topological polar surface area (TPSA) is 119 Å². The van der Waals surface area contributed by atoms with Crippen molar-refractivity contribution in [1.82, 2.24) is 5.32 Å². The Bertz CT molecular complexity index is 420. The molecular formula is C21H41NO6. The smallest absolute Gasteiger partial charge is 0.220 e. The molecule has 166 valence electrons. The summed E-state index contributed by atoms with van der Waals surface area (Å²) in [5.74, 6) is -0.115. The van der Waals surface area contributed by atoms with E-state index in [1.54, 1.807) is 0 Å². The lowest BCUT2D eigenvalue weighted by molar-refractivity contribution is -0.204. The lowest BCUT2D eigenvalue weighted by Crippen LogP contribution is -2.65. The summed E-state index contributed by atoms with van der Waals surface area (Å²) in [7, 11) is 0. The average molecular weight is 404 g/mol. The van der Waals surface area contributed by atoms with Crippen molar-refractivity contribution in [2.24, 2.45) is 5.92 Å². The highest BCUT2D eigenvalue weighted by Crippen LogP contribution is 2.26. The summed E-state index contributed by atoms with van der Waals surface area (Å²) in [5.41, 5.74) is 0. The predicted molar refractivity (Wildman–Crippen MR) is 108 cm³/mol. The number of amides is 1. The van der Waals surface area contributed by atoms with E-state index in [9.17, 15) is 20.1 Å². The van der Waals surface area contributed by atoms with Gasteiger partial charge in [0.2, 0.25) is 5.91 Å². The van der Waals surface area contributed by atoms with Crippen molar-refractivity contribution in [2.45, 2.75) is 109 Å². The van der Waals surface area contributed by atoms with Crippen LogP contribution >= 0.6 is 0 Å². The molecule has 0 bridgehead atoms. The van der Waals surface area contributed by atoms with Crippen LogP contribution in [0.25, 0.3) is 0 Å². The summed E-state index contributed by atoms with van der Waals surface area (Å²) in [6.07, 6.45) is 6.36. The molecule has 1 fully saturated rings. The highest BCUT2D eigenvalue weighted by Gasteiger charge is 2.45. The molecule has 0 radical (unpaired) electrons. The van der Waals surface area contributed by atoms with E-state index in [0.717, 1.165) is 32.1 Å². The van der Waals surface area contributed by atoms with Gasteiger partial charge in [-0.2, -0.15) is 0 Å². The number of unbranched alkanes of at least 4 members (excludes halogenated alkanes) is 8. The fourth-order valence-corrected chi connectivity index (χ4v) is 3.78. The maximum Gasteiger partial charge on any atom is 0.220 e. The van der Waals surface area contributed by atoms with E-state index < -0.39 is 30.5 Å². The van der Waals surface area contributed by atoms with Crippen LogP contribution in [-0.2, 0) is 9.53 Å². The van der Waals surface area contributed by atoms with Gasteiger partial charge in [0, 0.05) is 13.0 Å². The number of carbonyl (C=O) groups excluding carboxylic acids is 1. The number of rotatable bonds is 14. The second-order valence-electron chi connectivity index (χ2n) is 8.30. The maximum atomic E-state index is 12.3. The minimum atomic E-state index is -1.22. The van der Waals surface area contributed by atoms with Gasteiger partial charge in [0.05, 0.1) is 18.8 Å². The molecule has 1 saturated heterocycles. The summed E-state index contributed by atoms with van der Waals surface area (Å²) in [6.45, 7) is 3.76. The van der Waals surface area contributed by atoms with E-state index >= 15 is 0 Å². The molecule has 0 aliphatic carbocycles. The van der Waals surface area contributed by atoms with Crippen molar-refractivity contribution in [1.29, 1.82) is 0 Å². The monoisotopic (exact) mass is 403 g/mol. The number of aliphatic hydroxyl groups excluding tert-OH is 4. The minimum Gasteiger partial charge on any atom is -0.396 e. The van der Waals surface area contributed by atoms with E-state index in [1.807, 2.05) is 13.8 Å². The molecule has 5 unspecified atom stereocenters. The Balaban J connectivity index is 2.26. The van der Waals surface area contributed by atoms with Crippen LogP contribution in [0.4, 0.5) is 0 Å². The Morgan fingerprint density at radius 1 is 0.893 bits per heavy atom. The molecule has 1 heterocycles. The minimum absolute atomic E-state index is 0.0267. The number of hydrogen-bond acceptors (Lipinski definition) is 6. The first-order chi connectivity index (χ1) is 13.4. The summed E-state index contributed by atoms with van der Waals surface area (Å²) in [4.78, 5) is 12.3. The van der Waals surface area contributed by atoms with E-state index in [0.29, 0.717) is 6.42 Å². The Morgan fingerprint density at radius 2 is 1.43 bits per heavy atom. The maximum absolute atomic E-state index is 12.3. The van der Waals surface area contributed by atoms with Crippen molar-refractivity contribution in [3.63, 3.8) is 0 Å². The third-order valence-corrected chi connectivity index (χ3v) is 5.51. The van der Waals surface area contributed by atoms with Crippen molar-refractivity contribution < 1.29 is 30.0 Å². The van der Waals surface area contributed by atoms with Gasteiger partial charge in [0.1, 0.15) is 18.3 Å². The van der Waals surface area contributed by atoms with E-state index in [4.69, 9.17) is 9.84 Å². The van der Waals surface area contributed by atoms with E-state index in [-0.39, 0.29) is 25.0 Å². The largest absolute Gasteiger partial charge is 0.396 e. The van der Waals surface area contributed by atoms with E-state index in [2.05, 4.69) is 5.32 Å². The van der Waals surface area contributed by atoms with Gasteiger partial charge in [-0.1, -0.05) is 58.8 Å². The molecule has 0 aromatic rings. The fraction of sp³-hybridized carbons (Fsp3) is 0.952. The second kappa shape index (κ2) is 14.3. The molecule has 1 rings (SSSR count). The molecule has 7 heteroatoms. The molecule has 5 atom stereocenters. The van der Waals surface area contributed by atoms with Crippen LogP contribution in [0.5, 0.6) is 0 Å². The predicted octanol–water partition coefficient (Wildman–Crippen LogP) is 1.50. The Morgan fingerprint density at radius 3 is 1.93 bits per heavy atom. The highest BCUT2D eigenvalue weighted by molar-refractivity contribution is 5.76. The third-order valence-electron chi connectivity index (χ3n) is 5.51. The Kier molecular flexibility index (Phi) is 12.9. The SMILES string of the molecule is CC(C)C1OC(CO)C(O)C(O)C1NC(=O)CCCCCCCCCCCO. The summed E-state index contributed by atoms with van der Waals surface area (Å²) >= 11 is 0. The van der Waals surface area contributed by atoms with Crippen molar-refractivity contribution >= 4 is 5.91 Å². The van der Waals surface area contributed by atoms with Gasteiger partial charge < -0.3 is 30.5 Å². The van der Waals surface area contributed by atoms with Crippen LogP contribution in [0.3, 0.4) is 0 Å². The molecule has 0 aromatic heterocycles. The zero-order valence-corrected chi connectivity index (χ0v) is 17.6. The summed E-state index contributed by atoms with van der Waals surface area (Å²) in [6, 6.07) is -0.677. The van der Waals surface area contributed by atoms with Crippen molar-refractivity contribution in [3.05, 3.63) is 0 Å². The molecule has 0 aromatic carbocycles. The molecule has 0 saturated carbocycles. The molecular weight excluding hydrogens is 362 g/mol. The molecule has 1 aliphatic heterocycles. The van der Waals surface area contributed by atoms with Gasteiger partial charge in [-0.05, 0) is 18.8 Å². The quantitative estimate of drug-likeness (QED) is 0.281. The molecule has 1 amide bonds. The van der Waals surface area contributed by atoms with Crippen molar-refractivity contribution in [3.8, 4) is 0 Å². The van der Waals surface area contributed by atoms with Crippen LogP contribution in [0.15, 0.2) is 0 Å². The van der Waals surface area contributed by atoms with Gasteiger partial charge in [0.25, 0.3) is 0 Å². The number of hydrogen-bond donors (Lipinski definition) is 5. The third kappa shape index (κ3) is 8.74. The van der Waals surface area contributed by atoms with Gasteiger partial charge in [-0.15, -0.1) is 0 Å². The summed E-state index contributed by atoms with van der Waals surface area (Å²) < 4.78 is 5.71. The van der Waals surface area contributed by atoms with Gasteiger partial charge in [-0.3, -0.25) is 4.79 Å². The van der Waals surface area contributed by atoms with Gasteiger partial charge >= 0.3 is 0 Å². The Labute approximate surface area is 169 Å². The average Bonchev–Trinajstić information content (AvgIpc) is 2.67. The van der Waals surface area contributed by atoms with E-state index in [1.165, 1.54) is 25.7 Å². The first kappa shape index (κ1) is 25.3. The molecule has 0 spiro atoms. The zero-order valence-electron chi connectivity index (χ0n) is 17.6. The van der Waals surface area contributed by atoms with Gasteiger partial charge in [0.15, 0.2) is 0 Å². The molecule has 1 aliphatic rings. The van der Waals surface area contributed by atoms with Crippen LogP contribution in [-0.4, -0.2) is 70.0 Å². The van der Waals surface area contributed by atoms with Gasteiger partial charge in [-0.25, -0.2) is 0 Å². The van der Waals surface area contributed by atoms with Crippen molar-refractivity contribution in [2.75, 3.05) is 13.2 Å². The second-order valence-corrected chi connectivity index (χ2v) is 8.30. The first-order valence-corrected chi connectivity index (χ1v) is 10.9. The Hall–Kier alpha value is -0.730. The van der Waals surface area contributed by atoms with Crippen LogP contribution < -0.4 is 5.32 Å². The normalized spacial score (nSPS) is 27.9. The van der Waals surface area contributed by atoms with Crippen LogP contribution in [0.1, 0.15) is 78.1 Å². The summed E-state index contributed by atoms with van der Waals surface area (Å²) in [5, 5.41) is 41.3. The highest BCUT2D eigenvalue weighted by atomic mass is 16.5. The number of ether oxygens (including phenoxy) is 1. The lowest BCUT2D eigenvalue weighted by Gasteiger charge is -2.44. The standard InChI is InChI=1S/C21H41NO6/c1-15(2)21-18(20(27)19(26)16(14-24)28-21)22-17(25)12-10-8-6-4-3-5-7-9-11-13-23/h15-16,18-21,23-24,26-27H,3-14H2,1-2H3,(H,22,25). The van der Waals surface area contributed by atoms with Crippen LogP contribution in [0.2, 0.25) is 0 Å². The molecule has 5 N–H and O–H groups in total. The number of aliphatic hydroxyl groups is 4. The van der Waals surface area contributed by atoms with Crippen LogP contribution in [0, 0.1) is 5.92 Å². The number of carbonyl (C=O) groups is 1.